The van der Waals surface area contributed by atoms with Crippen molar-refractivity contribution in [3.8, 4) is 0 Å². The lowest BCUT2D eigenvalue weighted by atomic mass is 9.95. The largest absolute Gasteiger partial charge is 0.352 e. The molecular formula is C31H36ClN3O4S. The number of nitrogens with one attached hydrogen (secondary N) is 1. The van der Waals surface area contributed by atoms with Crippen LogP contribution in [0, 0.1) is 0 Å². The first-order valence-corrected chi connectivity index (χ1v) is 15.5. The second-order valence-corrected chi connectivity index (χ2v) is 12.4. The number of sulfonamides is 1. The molecule has 0 aliphatic heterocycles. The fourth-order valence-corrected chi connectivity index (χ4v) is 6.63. The van der Waals surface area contributed by atoms with E-state index in [0.717, 1.165) is 35.6 Å². The van der Waals surface area contributed by atoms with Gasteiger partial charge in [-0.25, -0.2) is 8.42 Å². The van der Waals surface area contributed by atoms with E-state index in [1.54, 1.807) is 43.3 Å². The van der Waals surface area contributed by atoms with Crippen LogP contribution in [-0.2, 0) is 26.0 Å². The van der Waals surface area contributed by atoms with E-state index < -0.39 is 28.5 Å². The minimum absolute atomic E-state index is 0.0571. The van der Waals surface area contributed by atoms with Crippen molar-refractivity contribution in [1.82, 2.24) is 10.2 Å². The third kappa shape index (κ3) is 7.64. The lowest BCUT2D eigenvalue weighted by molar-refractivity contribution is -0.139. The molecule has 0 radical (unpaired) electrons. The van der Waals surface area contributed by atoms with Crippen LogP contribution in [0.15, 0.2) is 89.8 Å². The molecule has 3 aromatic carbocycles. The Hall–Kier alpha value is -3.36. The predicted molar refractivity (Wildman–Crippen MR) is 159 cm³/mol. The number of rotatable bonds is 11. The van der Waals surface area contributed by atoms with Crippen LogP contribution in [0.25, 0.3) is 0 Å². The maximum Gasteiger partial charge on any atom is 0.264 e. The van der Waals surface area contributed by atoms with Crippen molar-refractivity contribution in [3.63, 3.8) is 0 Å². The molecule has 0 aromatic heterocycles. The third-order valence-electron chi connectivity index (χ3n) is 7.31. The van der Waals surface area contributed by atoms with Crippen LogP contribution in [0.1, 0.15) is 44.6 Å². The average Bonchev–Trinajstić information content (AvgIpc) is 2.97. The van der Waals surface area contributed by atoms with E-state index in [4.69, 9.17) is 11.6 Å². The molecule has 1 saturated carbocycles. The Bertz CT molecular complexity index is 1380. The molecule has 1 aliphatic carbocycles. The van der Waals surface area contributed by atoms with E-state index in [1.807, 2.05) is 30.3 Å². The van der Waals surface area contributed by atoms with E-state index >= 15 is 0 Å². The first-order valence-electron chi connectivity index (χ1n) is 13.7. The normalized spacial score (nSPS) is 14.8. The van der Waals surface area contributed by atoms with Crippen molar-refractivity contribution in [3.05, 3.63) is 95.5 Å². The van der Waals surface area contributed by atoms with Gasteiger partial charge in [0.25, 0.3) is 10.0 Å². The molecule has 7 nitrogen and oxygen atoms in total. The monoisotopic (exact) mass is 581 g/mol. The van der Waals surface area contributed by atoms with E-state index in [1.165, 1.54) is 29.5 Å². The molecule has 212 valence electrons. The molecule has 0 bridgehead atoms. The average molecular weight is 582 g/mol. The number of amides is 2. The van der Waals surface area contributed by atoms with Gasteiger partial charge in [0.1, 0.15) is 12.6 Å². The molecule has 1 atom stereocenters. The molecule has 40 heavy (non-hydrogen) atoms. The first-order chi connectivity index (χ1) is 19.3. The number of benzene rings is 3. The van der Waals surface area contributed by atoms with Gasteiger partial charge in [0, 0.05) is 17.6 Å². The van der Waals surface area contributed by atoms with Gasteiger partial charge in [0.2, 0.25) is 11.8 Å². The molecule has 0 saturated heterocycles. The Morgan fingerprint density at radius 3 is 2.23 bits per heavy atom. The Morgan fingerprint density at radius 1 is 0.925 bits per heavy atom. The van der Waals surface area contributed by atoms with Gasteiger partial charge in [-0.1, -0.05) is 85.5 Å². The summed E-state index contributed by atoms with van der Waals surface area (Å²) in [6.07, 6.45) is 5.68. The van der Waals surface area contributed by atoms with E-state index in [2.05, 4.69) is 5.32 Å². The van der Waals surface area contributed by atoms with Crippen LogP contribution in [0.2, 0.25) is 5.02 Å². The molecular weight excluding hydrogens is 546 g/mol. The summed E-state index contributed by atoms with van der Waals surface area (Å²) in [5.41, 5.74) is 1.29. The molecule has 0 spiro atoms. The highest BCUT2D eigenvalue weighted by molar-refractivity contribution is 7.92. The van der Waals surface area contributed by atoms with Gasteiger partial charge in [-0.3, -0.25) is 13.9 Å². The van der Waals surface area contributed by atoms with Crippen LogP contribution in [0.3, 0.4) is 0 Å². The zero-order valence-electron chi connectivity index (χ0n) is 22.7. The molecule has 2 amide bonds. The summed E-state index contributed by atoms with van der Waals surface area (Å²) >= 11 is 6.22. The molecule has 0 heterocycles. The van der Waals surface area contributed by atoms with Gasteiger partial charge in [0.05, 0.1) is 10.6 Å². The molecule has 1 aliphatic rings. The maximum atomic E-state index is 14.0. The zero-order valence-corrected chi connectivity index (χ0v) is 24.3. The van der Waals surface area contributed by atoms with Gasteiger partial charge in [0.15, 0.2) is 0 Å². The Kier molecular flexibility index (Phi) is 10.2. The predicted octanol–water partition coefficient (Wildman–Crippen LogP) is 5.44. The topological polar surface area (TPSA) is 86.8 Å². The third-order valence-corrected chi connectivity index (χ3v) is 9.33. The number of hydrogen-bond acceptors (Lipinski definition) is 4. The summed E-state index contributed by atoms with van der Waals surface area (Å²) in [5, 5.41) is 3.47. The van der Waals surface area contributed by atoms with E-state index in [9.17, 15) is 18.0 Å². The summed E-state index contributed by atoms with van der Waals surface area (Å²) in [6.45, 7) is 1.49. The Balaban J connectivity index is 1.62. The second-order valence-electron chi connectivity index (χ2n) is 10.1. The van der Waals surface area contributed by atoms with E-state index in [-0.39, 0.29) is 29.1 Å². The summed E-state index contributed by atoms with van der Waals surface area (Å²) in [7, 11) is -4.11. The van der Waals surface area contributed by atoms with Crippen molar-refractivity contribution in [2.75, 3.05) is 17.4 Å². The van der Waals surface area contributed by atoms with Crippen molar-refractivity contribution >= 4 is 39.1 Å². The lowest BCUT2D eigenvalue weighted by Crippen LogP contribution is -2.53. The van der Waals surface area contributed by atoms with Crippen LogP contribution in [0.5, 0.6) is 0 Å². The number of anilines is 1. The van der Waals surface area contributed by atoms with Crippen LogP contribution >= 0.6 is 11.6 Å². The highest BCUT2D eigenvalue weighted by atomic mass is 35.5. The van der Waals surface area contributed by atoms with Gasteiger partial charge in [-0.15, -0.1) is 0 Å². The van der Waals surface area contributed by atoms with Crippen molar-refractivity contribution in [2.24, 2.45) is 0 Å². The molecule has 1 N–H and O–H groups in total. The van der Waals surface area contributed by atoms with Gasteiger partial charge in [-0.2, -0.15) is 0 Å². The van der Waals surface area contributed by atoms with Gasteiger partial charge < -0.3 is 10.2 Å². The Morgan fingerprint density at radius 2 is 1.57 bits per heavy atom. The molecule has 3 aromatic rings. The SMILES string of the molecule is CC(C(=O)NC1CCCCC1)N(CCc1ccccc1)C(=O)CN(c1cccc(Cl)c1)S(=O)(=O)c1ccccc1. The maximum absolute atomic E-state index is 14.0. The number of nitrogens with zero attached hydrogens (tertiary/aromatic N) is 2. The smallest absolute Gasteiger partial charge is 0.264 e. The number of halogens is 1. The highest BCUT2D eigenvalue weighted by Crippen LogP contribution is 2.26. The van der Waals surface area contributed by atoms with Crippen LogP contribution < -0.4 is 9.62 Å². The van der Waals surface area contributed by atoms with Crippen LogP contribution in [-0.4, -0.2) is 50.3 Å². The van der Waals surface area contributed by atoms with Gasteiger partial charge >= 0.3 is 0 Å². The number of hydrogen-bond donors (Lipinski definition) is 1. The number of carbonyl (C=O) groups excluding carboxylic acids is 2. The molecule has 9 heteroatoms. The van der Waals surface area contributed by atoms with Crippen molar-refractivity contribution < 1.29 is 18.0 Å². The van der Waals surface area contributed by atoms with Crippen LogP contribution in [0.4, 0.5) is 5.69 Å². The second kappa shape index (κ2) is 13.8. The molecule has 1 unspecified atom stereocenters. The fourth-order valence-electron chi connectivity index (χ4n) is 5.02. The van der Waals surface area contributed by atoms with E-state index in [0.29, 0.717) is 11.4 Å². The zero-order chi connectivity index (χ0) is 28.5. The lowest BCUT2D eigenvalue weighted by Gasteiger charge is -2.33. The summed E-state index contributed by atoms with van der Waals surface area (Å²) in [4.78, 5) is 28.8. The van der Waals surface area contributed by atoms with Crippen molar-refractivity contribution in [2.45, 2.75) is 62.4 Å². The van der Waals surface area contributed by atoms with Gasteiger partial charge in [-0.05, 0) is 62.1 Å². The minimum Gasteiger partial charge on any atom is -0.352 e. The fraction of sp³-hybridized carbons (Fsp3) is 0.355. The standard InChI is InChI=1S/C31H36ClN3O4S/c1-24(31(37)33-27-15-7-3-8-16-27)34(21-20-25-12-5-2-6-13-25)30(36)23-35(28-17-11-14-26(32)22-28)40(38,39)29-18-9-4-10-19-29/h2,4-6,9-14,17-19,22,24,27H,3,7-8,15-16,20-21,23H2,1H3,(H,33,37). The first kappa shape index (κ1) is 29.6. The Labute approximate surface area is 242 Å². The summed E-state index contributed by atoms with van der Waals surface area (Å²) < 4.78 is 28.6. The summed E-state index contributed by atoms with van der Waals surface area (Å²) in [5.74, 6) is -0.699. The van der Waals surface area contributed by atoms with Crippen molar-refractivity contribution in [1.29, 1.82) is 0 Å². The molecule has 4 rings (SSSR count). The number of carbonyl (C=O) groups is 2. The molecule has 1 fully saturated rings. The quantitative estimate of drug-likeness (QED) is 0.326. The summed E-state index contributed by atoms with van der Waals surface area (Å²) in [6, 6.07) is 23.4. The highest BCUT2D eigenvalue weighted by Gasteiger charge is 2.33. The minimum atomic E-state index is -4.11.